The van der Waals surface area contributed by atoms with E-state index in [-0.39, 0.29) is 29.8 Å². The molecule has 1 atom stereocenters. The lowest BCUT2D eigenvalue weighted by Gasteiger charge is -2.42. The number of aryl methyl sites for hydroxylation is 2. The third-order valence-electron chi connectivity index (χ3n) is 5.05. The van der Waals surface area contributed by atoms with Crippen LogP contribution in [-0.4, -0.2) is 36.5 Å². The minimum Gasteiger partial charge on any atom is -0.493 e. The maximum atomic E-state index is 12.4. The highest BCUT2D eigenvalue weighted by molar-refractivity contribution is 5.85. The van der Waals surface area contributed by atoms with Crippen LogP contribution in [0.5, 0.6) is 5.75 Å². The number of carbonyl (C=O) groups excluding carboxylic acids is 1. The molecule has 1 aliphatic rings. The first kappa shape index (κ1) is 21.8. The highest BCUT2D eigenvalue weighted by Crippen LogP contribution is 2.28. The molecule has 5 heteroatoms. The SMILES string of the molecule is Cc1ccc(C)c(OCCCCC(=O)N2CCC(N)C(C)(C)C2)c1.Cl. The summed E-state index contributed by atoms with van der Waals surface area (Å²) in [7, 11) is 0. The van der Waals surface area contributed by atoms with Crippen LogP contribution in [0.1, 0.15) is 50.7 Å². The molecule has 0 aliphatic carbocycles. The molecule has 2 N–H and O–H groups in total. The molecule has 4 nitrogen and oxygen atoms in total. The Kier molecular flexibility index (Phi) is 8.23. The van der Waals surface area contributed by atoms with Gasteiger partial charge in [-0.1, -0.05) is 26.0 Å². The van der Waals surface area contributed by atoms with Gasteiger partial charge in [-0.25, -0.2) is 0 Å². The van der Waals surface area contributed by atoms with Crippen LogP contribution in [0.3, 0.4) is 0 Å². The Morgan fingerprint density at radius 1 is 1.32 bits per heavy atom. The minimum absolute atomic E-state index is 0. The predicted octanol–water partition coefficient (Wildman–Crippen LogP) is 3.86. The summed E-state index contributed by atoms with van der Waals surface area (Å²) in [5, 5.41) is 0. The largest absolute Gasteiger partial charge is 0.493 e. The number of nitrogens with two attached hydrogens (primary N) is 1. The Morgan fingerprint density at radius 2 is 2.04 bits per heavy atom. The molecule has 25 heavy (non-hydrogen) atoms. The van der Waals surface area contributed by atoms with Crippen molar-refractivity contribution in [3.05, 3.63) is 29.3 Å². The van der Waals surface area contributed by atoms with Crippen LogP contribution in [-0.2, 0) is 4.79 Å². The molecule has 0 saturated carbocycles. The zero-order valence-corrected chi connectivity index (χ0v) is 16.8. The Labute approximate surface area is 158 Å². The Bertz CT molecular complexity index is 575. The number of hydrogen-bond donors (Lipinski definition) is 1. The molecule has 0 aromatic heterocycles. The van der Waals surface area contributed by atoms with Gasteiger partial charge in [0.15, 0.2) is 0 Å². The van der Waals surface area contributed by atoms with Gasteiger partial charge in [0, 0.05) is 25.6 Å². The summed E-state index contributed by atoms with van der Waals surface area (Å²) in [6.07, 6.45) is 3.26. The van der Waals surface area contributed by atoms with Crippen LogP contribution >= 0.6 is 12.4 Å². The molecular weight excluding hydrogens is 336 g/mol. The quantitative estimate of drug-likeness (QED) is 0.775. The van der Waals surface area contributed by atoms with Gasteiger partial charge in [0.25, 0.3) is 0 Å². The van der Waals surface area contributed by atoms with E-state index in [0.29, 0.717) is 13.0 Å². The van der Waals surface area contributed by atoms with Crippen molar-refractivity contribution in [3.8, 4) is 5.75 Å². The molecule has 0 spiro atoms. The smallest absolute Gasteiger partial charge is 0.222 e. The van der Waals surface area contributed by atoms with E-state index in [4.69, 9.17) is 10.5 Å². The van der Waals surface area contributed by atoms with E-state index in [0.717, 1.165) is 43.7 Å². The number of nitrogens with zero attached hydrogens (tertiary/aromatic N) is 1. The summed E-state index contributed by atoms with van der Waals surface area (Å²) in [6.45, 7) is 10.6. The Balaban J connectivity index is 0.00000312. The van der Waals surface area contributed by atoms with Crippen molar-refractivity contribution in [1.82, 2.24) is 4.90 Å². The second-order valence-corrected chi connectivity index (χ2v) is 7.77. The van der Waals surface area contributed by atoms with E-state index in [1.807, 2.05) is 4.90 Å². The second-order valence-electron chi connectivity index (χ2n) is 7.77. The maximum absolute atomic E-state index is 12.4. The van der Waals surface area contributed by atoms with Crippen LogP contribution in [0.15, 0.2) is 18.2 Å². The van der Waals surface area contributed by atoms with Crippen LogP contribution in [0, 0.1) is 19.3 Å². The maximum Gasteiger partial charge on any atom is 0.222 e. The first-order valence-corrected chi connectivity index (χ1v) is 9.03. The fourth-order valence-electron chi connectivity index (χ4n) is 3.17. The topological polar surface area (TPSA) is 55.6 Å². The lowest BCUT2D eigenvalue weighted by Crippen LogP contribution is -2.53. The fourth-order valence-corrected chi connectivity index (χ4v) is 3.17. The van der Waals surface area contributed by atoms with E-state index >= 15 is 0 Å². The van der Waals surface area contributed by atoms with Crippen molar-refractivity contribution in [2.24, 2.45) is 11.1 Å². The molecule has 1 saturated heterocycles. The van der Waals surface area contributed by atoms with E-state index in [1.165, 1.54) is 5.56 Å². The lowest BCUT2D eigenvalue weighted by atomic mass is 9.79. The first-order valence-electron chi connectivity index (χ1n) is 9.03. The average Bonchev–Trinajstić information content (AvgIpc) is 2.52. The highest BCUT2D eigenvalue weighted by atomic mass is 35.5. The van der Waals surface area contributed by atoms with Gasteiger partial charge in [0.1, 0.15) is 5.75 Å². The summed E-state index contributed by atoms with van der Waals surface area (Å²) in [4.78, 5) is 14.3. The molecule has 1 aromatic carbocycles. The van der Waals surface area contributed by atoms with Gasteiger partial charge in [0.2, 0.25) is 5.91 Å². The zero-order valence-electron chi connectivity index (χ0n) is 16.0. The highest BCUT2D eigenvalue weighted by Gasteiger charge is 2.34. The number of carbonyl (C=O) groups is 1. The van der Waals surface area contributed by atoms with Crippen molar-refractivity contribution in [2.45, 2.75) is 59.4 Å². The van der Waals surface area contributed by atoms with Gasteiger partial charge in [-0.05, 0) is 55.7 Å². The third kappa shape index (κ3) is 6.19. The van der Waals surface area contributed by atoms with Crippen molar-refractivity contribution in [2.75, 3.05) is 19.7 Å². The molecule has 2 rings (SSSR count). The molecule has 1 aromatic rings. The van der Waals surface area contributed by atoms with Gasteiger partial charge in [-0.15, -0.1) is 12.4 Å². The molecule has 142 valence electrons. The van der Waals surface area contributed by atoms with Gasteiger partial charge in [0.05, 0.1) is 6.61 Å². The van der Waals surface area contributed by atoms with Crippen LogP contribution in [0.25, 0.3) is 0 Å². The minimum atomic E-state index is 0. The van der Waals surface area contributed by atoms with Gasteiger partial charge in [-0.3, -0.25) is 4.79 Å². The predicted molar refractivity (Wildman–Crippen MR) is 105 cm³/mol. The van der Waals surface area contributed by atoms with Crippen molar-refractivity contribution in [1.29, 1.82) is 0 Å². The normalized spacial score (nSPS) is 19.2. The van der Waals surface area contributed by atoms with Crippen LogP contribution < -0.4 is 10.5 Å². The number of halogens is 1. The number of unbranched alkanes of at least 4 members (excludes halogenated alkanes) is 1. The summed E-state index contributed by atoms with van der Waals surface area (Å²) in [6, 6.07) is 6.43. The van der Waals surface area contributed by atoms with Crippen molar-refractivity contribution in [3.63, 3.8) is 0 Å². The molecule has 1 amide bonds. The van der Waals surface area contributed by atoms with E-state index in [9.17, 15) is 4.79 Å². The molecule has 0 bridgehead atoms. The molecule has 1 aliphatic heterocycles. The summed E-state index contributed by atoms with van der Waals surface area (Å²) < 4.78 is 5.85. The van der Waals surface area contributed by atoms with Gasteiger partial charge >= 0.3 is 0 Å². The number of ether oxygens (including phenoxy) is 1. The van der Waals surface area contributed by atoms with Gasteiger partial charge < -0.3 is 15.4 Å². The number of benzene rings is 1. The van der Waals surface area contributed by atoms with Crippen molar-refractivity contribution >= 4 is 18.3 Å². The third-order valence-corrected chi connectivity index (χ3v) is 5.05. The number of piperidine rings is 1. The second kappa shape index (κ2) is 9.44. The number of hydrogen-bond acceptors (Lipinski definition) is 3. The lowest BCUT2D eigenvalue weighted by molar-refractivity contribution is -0.134. The standard InChI is InChI=1S/C20H32N2O2.ClH/c1-15-8-9-16(2)17(13-15)24-12-6-5-7-19(23)22-11-10-18(21)20(3,4)14-22;/h8-9,13,18H,5-7,10-12,14,21H2,1-4H3;1H. The van der Waals surface area contributed by atoms with E-state index in [1.54, 1.807) is 0 Å². The van der Waals surface area contributed by atoms with Gasteiger partial charge in [-0.2, -0.15) is 0 Å². The monoisotopic (exact) mass is 368 g/mol. The first-order chi connectivity index (χ1) is 11.3. The van der Waals surface area contributed by atoms with E-state index in [2.05, 4.69) is 45.9 Å². The summed E-state index contributed by atoms with van der Waals surface area (Å²) >= 11 is 0. The number of rotatable bonds is 6. The molecule has 1 unspecified atom stereocenters. The Morgan fingerprint density at radius 3 is 2.72 bits per heavy atom. The Hall–Kier alpha value is -1.26. The molecule has 1 heterocycles. The van der Waals surface area contributed by atoms with Crippen LogP contribution in [0.2, 0.25) is 0 Å². The summed E-state index contributed by atoms with van der Waals surface area (Å²) in [5.41, 5.74) is 8.51. The fraction of sp³-hybridized carbons (Fsp3) is 0.650. The number of likely N-dealkylation sites (tertiary alicyclic amines) is 1. The average molecular weight is 369 g/mol. The van der Waals surface area contributed by atoms with Crippen molar-refractivity contribution < 1.29 is 9.53 Å². The molecular formula is C20H33ClN2O2. The number of amides is 1. The zero-order chi connectivity index (χ0) is 17.7. The summed E-state index contributed by atoms with van der Waals surface area (Å²) in [5.74, 6) is 1.20. The van der Waals surface area contributed by atoms with Crippen LogP contribution in [0.4, 0.5) is 0 Å². The van der Waals surface area contributed by atoms with E-state index < -0.39 is 0 Å². The molecule has 0 radical (unpaired) electrons. The molecule has 1 fully saturated rings.